The zero-order valence-corrected chi connectivity index (χ0v) is 50.5. The Morgan fingerprint density at radius 1 is 0.276 bits per heavy atom. The lowest BCUT2D eigenvalue weighted by Crippen LogP contribution is -2.30. The predicted octanol–water partition coefficient (Wildman–Crippen LogP) is 22.5. The van der Waals surface area contributed by atoms with E-state index in [2.05, 4.69) is 93.7 Å². The summed E-state index contributed by atoms with van der Waals surface area (Å²) in [5.41, 5.74) is 0. The van der Waals surface area contributed by atoms with Gasteiger partial charge in [-0.15, -0.1) is 0 Å². The summed E-state index contributed by atoms with van der Waals surface area (Å²) < 4.78 is 16.9. The first-order valence-electron chi connectivity index (χ1n) is 32.9. The van der Waals surface area contributed by atoms with Crippen molar-refractivity contribution in [2.75, 3.05) is 13.2 Å². The lowest BCUT2D eigenvalue weighted by atomic mass is 10.0. The summed E-state index contributed by atoms with van der Waals surface area (Å²) in [6, 6.07) is 0. The average Bonchev–Trinajstić information content (AvgIpc) is 3.42. The molecule has 0 fully saturated rings. The highest BCUT2D eigenvalue weighted by molar-refractivity contribution is 5.71. The molecule has 76 heavy (non-hydrogen) atoms. The van der Waals surface area contributed by atoms with Crippen LogP contribution < -0.4 is 0 Å². The summed E-state index contributed by atoms with van der Waals surface area (Å²) in [5.74, 6) is -0.920. The van der Waals surface area contributed by atoms with Gasteiger partial charge in [0, 0.05) is 19.3 Å². The minimum Gasteiger partial charge on any atom is -0.462 e. The molecule has 0 spiro atoms. The van der Waals surface area contributed by atoms with E-state index < -0.39 is 6.10 Å². The van der Waals surface area contributed by atoms with E-state index in [0.29, 0.717) is 12.8 Å². The van der Waals surface area contributed by atoms with Gasteiger partial charge in [-0.2, -0.15) is 0 Å². The second-order valence-corrected chi connectivity index (χ2v) is 22.0. The number of carbonyl (C=O) groups excluding carboxylic acids is 3. The quantitative estimate of drug-likeness (QED) is 0.0261. The minimum atomic E-state index is -0.795. The first kappa shape index (κ1) is 72.8. The second kappa shape index (κ2) is 64.4. The second-order valence-electron chi connectivity index (χ2n) is 22.0. The molecule has 0 rings (SSSR count). The maximum absolute atomic E-state index is 12.9. The maximum Gasteiger partial charge on any atom is 0.306 e. The summed E-state index contributed by atoms with van der Waals surface area (Å²) in [6.45, 7) is 6.47. The number of hydrogen-bond donors (Lipinski definition) is 0. The molecule has 0 bridgehead atoms. The molecule has 6 heteroatoms. The van der Waals surface area contributed by atoms with Crippen LogP contribution >= 0.6 is 0 Å². The molecule has 1 atom stereocenters. The van der Waals surface area contributed by atoms with Gasteiger partial charge in [-0.1, -0.05) is 306 Å². The molecule has 6 nitrogen and oxygen atoms in total. The first-order valence-corrected chi connectivity index (χ1v) is 32.9. The zero-order valence-electron chi connectivity index (χ0n) is 50.5. The van der Waals surface area contributed by atoms with Crippen molar-refractivity contribution in [3.63, 3.8) is 0 Å². The van der Waals surface area contributed by atoms with Crippen LogP contribution in [0, 0.1) is 0 Å². The molecule has 0 radical (unpaired) electrons. The molecule has 0 aromatic rings. The van der Waals surface area contributed by atoms with Gasteiger partial charge in [0.25, 0.3) is 0 Å². The highest BCUT2D eigenvalue weighted by Crippen LogP contribution is 2.18. The lowest BCUT2D eigenvalue weighted by molar-refractivity contribution is -0.167. The van der Waals surface area contributed by atoms with Gasteiger partial charge in [0.2, 0.25) is 0 Å². The molecule has 0 heterocycles. The maximum atomic E-state index is 12.9. The van der Waals surface area contributed by atoms with E-state index in [-0.39, 0.29) is 37.5 Å². The Bertz CT molecular complexity index is 1400. The Kier molecular flexibility index (Phi) is 61.7. The Balaban J connectivity index is 4.18. The predicted molar refractivity (Wildman–Crippen MR) is 330 cm³/mol. The minimum absolute atomic E-state index is 0.0891. The van der Waals surface area contributed by atoms with Crippen molar-refractivity contribution in [2.45, 2.75) is 341 Å². The molecular weight excluding hydrogens is 937 g/mol. The summed E-state index contributed by atoms with van der Waals surface area (Å²) in [4.78, 5) is 38.2. The topological polar surface area (TPSA) is 78.9 Å². The van der Waals surface area contributed by atoms with Crippen LogP contribution in [0.2, 0.25) is 0 Å². The van der Waals surface area contributed by atoms with Crippen LogP contribution in [-0.4, -0.2) is 37.2 Å². The standard InChI is InChI=1S/C70H124O6/c1-4-7-10-13-16-19-22-24-26-28-30-31-32-33-34-35-36-37-38-39-41-42-44-46-48-51-54-57-60-63-69(72)75-66-67(65-74-68(71)62-59-56-53-50-21-18-15-12-9-6-3)76-70(73)64-61-58-55-52-49-47-45-43-40-29-27-25-23-20-17-14-11-8-5-2/h8,11-12,15,17,20,25,27,40,43,47,49,67H,4-7,9-10,13-14,16,18-19,21-24,26,28-39,41-42,44-46,48,50-66H2,1-3H3/b11-8-,15-12-,20-17-,27-25-,43-40-,49-47-. The molecule has 0 saturated heterocycles. The van der Waals surface area contributed by atoms with Crippen LogP contribution in [0.25, 0.3) is 0 Å². The number of hydrogen-bond acceptors (Lipinski definition) is 6. The molecule has 440 valence electrons. The van der Waals surface area contributed by atoms with Crippen molar-refractivity contribution in [1.29, 1.82) is 0 Å². The SMILES string of the molecule is CC/C=C\C/C=C\C/C=C\C/C=C\C/C=C\CCCCCC(=O)OC(COC(=O)CCCCCCC/C=C\CCC)COC(=O)CCCCCCCCCCCCCCCCCCCCCCCCCCCCCCC. The lowest BCUT2D eigenvalue weighted by Gasteiger charge is -2.18. The third-order valence-corrected chi connectivity index (χ3v) is 14.4. The van der Waals surface area contributed by atoms with Crippen LogP contribution in [0.3, 0.4) is 0 Å². The summed E-state index contributed by atoms with van der Waals surface area (Å²) in [6.07, 6.45) is 83.7. The Labute approximate surface area is 472 Å². The van der Waals surface area contributed by atoms with E-state index in [1.54, 1.807) is 0 Å². The Hall–Kier alpha value is -3.15. The highest BCUT2D eigenvalue weighted by Gasteiger charge is 2.19. The van der Waals surface area contributed by atoms with Crippen molar-refractivity contribution in [1.82, 2.24) is 0 Å². The third-order valence-electron chi connectivity index (χ3n) is 14.4. The van der Waals surface area contributed by atoms with Gasteiger partial charge in [0.05, 0.1) is 0 Å². The molecule has 0 aliphatic rings. The number of ether oxygens (including phenoxy) is 3. The Morgan fingerprint density at radius 3 is 0.882 bits per heavy atom. The van der Waals surface area contributed by atoms with Crippen LogP contribution in [0.1, 0.15) is 335 Å². The van der Waals surface area contributed by atoms with Crippen molar-refractivity contribution >= 4 is 17.9 Å². The van der Waals surface area contributed by atoms with Gasteiger partial charge in [0.1, 0.15) is 13.2 Å². The van der Waals surface area contributed by atoms with Crippen LogP contribution in [0.5, 0.6) is 0 Å². The van der Waals surface area contributed by atoms with E-state index in [1.165, 1.54) is 180 Å². The highest BCUT2D eigenvalue weighted by atomic mass is 16.6. The average molecular weight is 1060 g/mol. The largest absolute Gasteiger partial charge is 0.462 e. The fourth-order valence-corrected chi connectivity index (χ4v) is 9.53. The van der Waals surface area contributed by atoms with Crippen molar-refractivity contribution in [3.8, 4) is 0 Å². The monoisotopic (exact) mass is 1060 g/mol. The first-order chi connectivity index (χ1) is 37.5. The number of rotatable bonds is 60. The Morgan fingerprint density at radius 2 is 0.539 bits per heavy atom. The van der Waals surface area contributed by atoms with E-state index in [9.17, 15) is 14.4 Å². The van der Waals surface area contributed by atoms with Gasteiger partial charge in [-0.05, 0) is 83.5 Å². The molecule has 0 N–H and O–H groups in total. The molecule has 0 aliphatic heterocycles. The molecule has 0 saturated carbocycles. The molecule has 0 amide bonds. The zero-order chi connectivity index (χ0) is 55.0. The number of allylic oxidation sites excluding steroid dienone is 12. The summed E-state index contributed by atoms with van der Waals surface area (Å²) >= 11 is 0. The van der Waals surface area contributed by atoms with Crippen LogP contribution in [0.4, 0.5) is 0 Å². The van der Waals surface area contributed by atoms with Crippen LogP contribution in [-0.2, 0) is 28.6 Å². The summed E-state index contributed by atoms with van der Waals surface area (Å²) in [5, 5.41) is 0. The fourth-order valence-electron chi connectivity index (χ4n) is 9.53. The summed E-state index contributed by atoms with van der Waals surface area (Å²) in [7, 11) is 0. The smallest absolute Gasteiger partial charge is 0.306 e. The van der Waals surface area contributed by atoms with Gasteiger partial charge in [0.15, 0.2) is 6.10 Å². The van der Waals surface area contributed by atoms with Crippen LogP contribution in [0.15, 0.2) is 72.9 Å². The van der Waals surface area contributed by atoms with Crippen molar-refractivity contribution in [3.05, 3.63) is 72.9 Å². The fraction of sp³-hybridized carbons (Fsp3) is 0.786. The van der Waals surface area contributed by atoms with Gasteiger partial charge >= 0.3 is 17.9 Å². The van der Waals surface area contributed by atoms with E-state index in [4.69, 9.17) is 14.2 Å². The van der Waals surface area contributed by atoms with E-state index in [1.807, 2.05) is 0 Å². The molecule has 1 unspecified atom stereocenters. The van der Waals surface area contributed by atoms with Gasteiger partial charge in [-0.25, -0.2) is 0 Å². The molecule has 0 aromatic heterocycles. The van der Waals surface area contributed by atoms with E-state index >= 15 is 0 Å². The van der Waals surface area contributed by atoms with Gasteiger partial charge < -0.3 is 14.2 Å². The van der Waals surface area contributed by atoms with Crippen molar-refractivity contribution < 1.29 is 28.6 Å². The number of carbonyl (C=O) groups is 3. The van der Waals surface area contributed by atoms with E-state index in [0.717, 1.165) is 116 Å². The molecular formula is C70H124O6. The molecule has 0 aromatic carbocycles. The molecule has 0 aliphatic carbocycles. The van der Waals surface area contributed by atoms with Crippen molar-refractivity contribution in [2.24, 2.45) is 0 Å². The number of esters is 3. The number of unbranched alkanes of at least 4 members (excludes halogenated alkanes) is 37. The normalized spacial score (nSPS) is 12.5. The third kappa shape index (κ3) is 61.7. The van der Waals surface area contributed by atoms with Gasteiger partial charge in [-0.3, -0.25) is 14.4 Å².